The molecule has 2 aromatic rings. The topological polar surface area (TPSA) is 39.2 Å². The maximum atomic E-state index is 12.1. The molecule has 1 aromatic heterocycles. The number of carbonyl (C=O) groups excluding carboxylic acids is 1. The van der Waals surface area contributed by atoms with Gasteiger partial charge in [0.25, 0.3) is 0 Å². The van der Waals surface area contributed by atoms with Gasteiger partial charge in [-0.05, 0) is 31.4 Å². The Balaban J connectivity index is 1.87. The first kappa shape index (κ1) is 14.3. The lowest BCUT2D eigenvalue weighted by Gasteiger charge is -2.05. The molecular formula is C17H19NO2. The molecule has 104 valence electrons. The monoisotopic (exact) mass is 269 g/mol. The van der Waals surface area contributed by atoms with Crippen LogP contribution in [0.3, 0.4) is 0 Å². The van der Waals surface area contributed by atoms with Crippen molar-refractivity contribution in [2.45, 2.75) is 26.2 Å². The molecule has 0 aliphatic rings. The van der Waals surface area contributed by atoms with E-state index in [2.05, 4.69) is 17.1 Å². The van der Waals surface area contributed by atoms with Gasteiger partial charge < -0.3 is 4.74 Å². The molecule has 3 nitrogen and oxygen atoms in total. The maximum Gasteiger partial charge on any atom is 0.164 e. The van der Waals surface area contributed by atoms with Crippen LogP contribution in [0.5, 0.6) is 5.75 Å². The van der Waals surface area contributed by atoms with Gasteiger partial charge in [-0.25, -0.2) is 0 Å². The van der Waals surface area contributed by atoms with E-state index in [1.807, 2.05) is 25.1 Å². The van der Waals surface area contributed by atoms with Gasteiger partial charge in [0.1, 0.15) is 5.75 Å². The van der Waals surface area contributed by atoms with E-state index in [9.17, 15) is 4.79 Å². The lowest BCUT2D eigenvalue weighted by molar-refractivity contribution is 0.0979. The van der Waals surface area contributed by atoms with E-state index in [-0.39, 0.29) is 5.78 Å². The third-order valence-corrected chi connectivity index (χ3v) is 3.06. The number of Topliss-reactive ketones (excluding diaryl/α,β-unsaturated/α-hetero) is 1. The summed E-state index contributed by atoms with van der Waals surface area (Å²) in [6.45, 7) is 2.49. The first-order valence-corrected chi connectivity index (χ1v) is 6.94. The van der Waals surface area contributed by atoms with Gasteiger partial charge in [0, 0.05) is 18.2 Å². The molecule has 0 fully saturated rings. The van der Waals surface area contributed by atoms with Crippen LogP contribution in [0.4, 0.5) is 0 Å². The molecule has 0 amide bonds. The zero-order valence-electron chi connectivity index (χ0n) is 11.7. The second kappa shape index (κ2) is 7.43. The number of aromatic nitrogens is 1. The fourth-order valence-electron chi connectivity index (χ4n) is 2.06. The Labute approximate surface area is 119 Å². The highest BCUT2D eigenvalue weighted by Gasteiger charge is 2.07. The molecule has 0 N–H and O–H groups in total. The summed E-state index contributed by atoms with van der Waals surface area (Å²) in [6, 6.07) is 12.0. The summed E-state index contributed by atoms with van der Waals surface area (Å²) in [6.07, 6.45) is 5.54. The van der Waals surface area contributed by atoms with Crippen molar-refractivity contribution in [3.05, 3.63) is 59.9 Å². The summed E-state index contributed by atoms with van der Waals surface area (Å²) in [5, 5.41) is 0. The molecule has 3 heteroatoms. The number of aryl methyl sites for hydroxylation is 1. The van der Waals surface area contributed by atoms with Crippen molar-refractivity contribution in [1.29, 1.82) is 0 Å². The second-order valence-corrected chi connectivity index (χ2v) is 4.60. The predicted molar refractivity (Wildman–Crippen MR) is 79.1 cm³/mol. The minimum atomic E-state index is 0.120. The van der Waals surface area contributed by atoms with Crippen LogP contribution in [-0.4, -0.2) is 17.4 Å². The number of benzene rings is 1. The first-order chi connectivity index (χ1) is 9.79. The number of hydrogen-bond acceptors (Lipinski definition) is 3. The standard InChI is InChI=1S/C17H19NO2/c1-2-20-16-11-15(12-18-13-16)17(19)10-6-9-14-7-4-3-5-8-14/h3-5,7-8,11-13H,2,6,9-10H2,1H3. The molecule has 0 spiro atoms. The SMILES string of the molecule is CCOc1cncc(C(=O)CCCc2ccccc2)c1. The average Bonchev–Trinajstić information content (AvgIpc) is 2.49. The Morgan fingerprint density at radius 2 is 2.00 bits per heavy atom. The van der Waals surface area contributed by atoms with Crippen molar-refractivity contribution < 1.29 is 9.53 Å². The summed E-state index contributed by atoms with van der Waals surface area (Å²) in [5.41, 5.74) is 1.89. The minimum absolute atomic E-state index is 0.120. The van der Waals surface area contributed by atoms with Gasteiger partial charge in [0.2, 0.25) is 0 Å². The molecule has 0 radical (unpaired) electrons. The molecule has 1 heterocycles. The van der Waals surface area contributed by atoms with Crippen LogP contribution in [0, 0.1) is 0 Å². The van der Waals surface area contributed by atoms with Gasteiger partial charge in [-0.2, -0.15) is 0 Å². The van der Waals surface area contributed by atoms with Gasteiger partial charge in [-0.1, -0.05) is 30.3 Å². The van der Waals surface area contributed by atoms with Crippen LogP contribution >= 0.6 is 0 Å². The predicted octanol–water partition coefficient (Wildman–Crippen LogP) is 3.69. The third kappa shape index (κ3) is 4.19. The van der Waals surface area contributed by atoms with E-state index in [0.29, 0.717) is 24.3 Å². The fraction of sp³-hybridized carbons (Fsp3) is 0.294. The molecule has 0 saturated carbocycles. The number of ketones is 1. The highest BCUT2D eigenvalue weighted by atomic mass is 16.5. The van der Waals surface area contributed by atoms with E-state index >= 15 is 0 Å². The average molecular weight is 269 g/mol. The van der Waals surface area contributed by atoms with Crippen LogP contribution in [0.15, 0.2) is 48.8 Å². The van der Waals surface area contributed by atoms with Crippen molar-refractivity contribution in [1.82, 2.24) is 4.98 Å². The van der Waals surface area contributed by atoms with Crippen molar-refractivity contribution >= 4 is 5.78 Å². The minimum Gasteiger partial charge on any atom is -0.492 e. The van der Waals surface area contributed by atoms with E-state index in [1.54, 1.807) is 18.5 Å². The van der Waals surface area contributed by atoms with Crippen molar-refractivity contribution in [2.75, 3.05) is 6.61 Å². The first-order valence-electron chi connectivity index (χ1n) is 6.94. The Kier molecular flexibility index (Phi) is 5.30. The van der Waals surface area contributed by atoms with Crippen molar-refractivity contribution in [3.8, 4) is 5.75 Å². The van der Waals surface area contributed by atoms with Crippen LogP contribution < -0.4 is 4.74 Å². The molecule has 0 saturated heterocycles. The molecule has 0 atom stereocenters. The summed E-state index contributed by atoms with van der Waals surface area (Å²) in [4.78, 5) is 16.1. The molecule has 20 heavy (non-hydrogen) atoms. The van der Waals surface area contributed by atoms with Gasteiger partial charge in [-0.15, -0.1) is 0 Å². The largest absolute Gasteiger partial charge is 0.492 e. The number of hydrogen-bond donors (Lipinski definition) is 0. The van der Waals surface area contributed by atoms with Gasteiger partial charge >= 0.3 is 0 Å². The van der Waals surface area contributed by atoms with Gasteiger partial charge in [-0.3, -0.25) is 9.78 Å². The lowest BCUT2D eigenvalue weighted by atomic mass is 10.0. The van der Waals surface area contributed by atoms with Crippen LogP contribution in [0.25, 0.3) is 0 Å². The highest BCUT2D eigenvalue weighted by Crippen LogP contribution is 2.14. The Morgan fingerprint density at radius 3 is 2.75 bits per heavy atom. The molecule has 1 aromatic carbocycles. The summed E-state index contributed by atoms with van der Waals surface area (Å²) < 4.78 is 5.36. The normalized spacial score (nSPS) is 10.2. The quantitative estimate of drug-likeness (QED) is 0.720. The zero-order valence-corrected chi connectivity index (χ0v) is 11.7. The molecule has 0 bridgehead atoms. The second-order valence-electron chi connectivity index (χ2n) is 4.60. The highest BCUT2D eigenvalue weighted by molar-refractivity contribution is 5.96. The van der Waals surface area contributed by atoms with E-state index in [1.165, 1.54) is 5.56 Å². The summed E-state index contributed by atoms with van der Waals surface area (Å²) in [5.74, 6) is 0.774. The van der Waals surface area contributed by atoms with E-state index < -0.39 is 0 Å². The lowest BCUT2D eigenvalue weighted by Crippen LogP contribution is -2.02. The number of rotatable bonds is 7. The van der Waals surface area contributed by atoms with E-state index in [4.69, 9.17) is 4.74 Å². The maximum absolute atomic E-state index is 12.1. The van der Waals surface area contributed by atoms with Gasteiger partial charge in [0.15, 0.2) is 5.78 Å². The van der Waals surface area contributed by atoms with Gasteiger partial charge in [0.05, 0.1) is 12.8 Å². The van der Waals surface area contributed by atoms with Crippen LogP contribution in [0.2, 0.25) is 0 Å². The fourth-order valence-corrected chi connectivity index (χ4v) is 2.06. The smallest absolute Gasteiger partial charge is 0.164 e. The molecule has 0 aliphatic carbocycles. The third-order valence-electron chi connectivity index (χ3n) is 3.06. The number of ether oxygens (including phenoxy) is 1. The molecular weight excluding hydrogens is 250 g/mol. The van der Waals surface area contributed by atoms with Crippen molar-refractivity contribution in [3.63, 3.8) is 0 Å². The molecule has 2 rings (SSSR count). The number of nitrogens with zero attached hydrogens (tertiary/aromatic N) is 1. The Bertz CT molecular complexity index is 552. The van der Waals surface area contributed by atoms with Crippen LogP contribution in [0.1, 0.15) is 35.7 Å². The molecule has 0 aliphatic heterocycles. The summed E-state index contributed by atoms with van der Waals surface area (Å²) in [7, 11) is 0. The Morgan fingerprint density at radius 1 is 1.20 bits per heavy atom. The Hall–Kier alpha value is -2.16. The van der Waals surface area contributed by atoms with E-state index in [0.717, 1.165) is 12.8 Å². The van der Waals surface area contributed by atoms with Crippen molar-refractivity contribution in [2.24, 2.45) is 0 Å². The summed E-state index contributed by atoms with van der Waals surface area (Å²) >= 11 is 0. The number of pyridine rings is 1. The zero-order chi connectivity index (χ0) is 14.2. The molecule has 0 unspecified atom stereocenters. The number of carbonyl (C=O) groups is 1. The van der Waals surface area contributed by atoms with Crippen LogP contribution in [-0.2, 0) is 6.42 Å².